The third-order valence-electron chi connectivity index (χ3n) is 6.74. The Morgan fingerprint density at radius 1 is 1.00 bits per heavy atom. The summed E-state index contributed by atoms with van der Waals surface area (Å²) in [5.74, 6) is -0.323. The van der Waals surface area contributed by atoms with Gasteiger partial charge >= 0.3 is 0 Å². The Labute approximate surface area is 193 Å². The molecule has 0 spiro atoms. The fourth-order valence-electron chi connectivity index (χ4n) is 4.94. The van der Waals surface area contributed by atoms with Gasteiger partial charge in [0.05, 0.1) is 0 Å². The summed E-state index contributed by atoms with van der Waals surface area (Å²) in [5.41, 5.74) is 0.483. The van der Waals surface area contributed by atoms with Crippen LogP contribution in [0.25, 0.3) is 0 Å². The van der Waals surface area contributed by atoms with Gasteiger partial charge in [0.25, 0.3) is 0 Å². The van der Waals surface area contributed by atoms with Gasteiger partial charge in [-0.3, -0.25) is 9.59 Å². The minimum absolute atomic E-state index is 0.0825. The van der Waals surface area contributed by atoms with Crippen LogP contribution in [-0.2, 0) is 22.6 Å². The van der Waals surface area contributed by atoms with Gasteiger partial charge in [-0.1, -0.05) is 78.9 Å². The first kappa shape index (κ1) is 22.2. The van der Waals surface area contributed by atoms with E-state index < -0.39 is 5.41 Å². The van der Waals surface area contributed by atoms with Crippen LogP contribution >= 0.6 is 23.2 Å². The zero-order valence-corrected chi connectivity index (χ0v) is 19.1. The molecule has 1 saturated carbocycles. The normalized spacial score (nSPS) is 22.0. The highest BCUT2D eigenvalue weighted by molar-refractivity contribution is 6.36. The number of halogens is 2. The summed E-state index contributed by atoms with van der Waals surface area (Å²) in [5, 5.41) is 4.01. The van der Waals surface area contributed by atoms with Gasteiger partial charge in [0.15, 0.2) is 0 Å². The van der Waals surface area contributed by atoms with Gasteiger partial charge in [-0.25, -0.2) is 0 Å². The molecule has 1 saturated heterocycles. The number of benzene rings is 2. The number of likely N-dealkylation sites (tertiary alicyclic amines) is 1. The van der Waals surface area contributed by atoms with Crippen LogP contribution in [0.4, 0.5) is 0 Å². The number of amides is 2. The Morgan fingerprint density at radius 2 is 1.68 bits per heavy atom. The second-order valence-electron chi connectivity index (χ2n) is 8.67. The number of hydrogen-bond acceptors (Lipinski definition) is 2. The quantitative estimate of drug-likeness (QED) is 0.588. The summed E-state index contributed by atoms with van der Waals surface area (Å²) in [4.78, 5) is 29.3. The first-order valence-corrected chi connectivity index (χ1v) is 11.8. The topological polar surface area (TPSA) is 49.4 Å². The van der Waals surface area contributed by atoms with E-state index in [-0.39, 0.29) is 24.3 Å². The molecule has 1 atom stereocenters. The van der Waals surface area contributed by atoms with E-state index in [4.69, 9.17) is 23.2 Å². The van der Waals surface area contributed by atoms with E-state index in [1.807, 2.05) is 35.2 Å². The molecular weight excluding hydrogens is 431 g/mol. The molecule has 31 heavy (non-hydrogen) atoms. The van der Waals surface area contributed by atoms with Crippen LogP contribution in [0, 0.1) is 5.41 Å². The van der Waals surface area contributed by atoms with Crippen molar-refractivity contribution in [3.05, 3.63) is 69.7 Å². The number of rotatable bonds is 6. The molecule has 1 unspecified atom stereocenters. The maximum atomic E-state index is 13.8. The number of hydrogen-bond donors (Lipinski definition) is 1. The van der Waals surface area contributed by atoms with E-state index in [1.54, 1.807) is 18.2 Å². The monoisotopic (exact) mass is 458 g/mol. The molecule has 1 aliphatic carbocycles. The average Bonchev–Trinajstić information content (AvgIpc) is 3.13. The molecule has 2 aliphatic rings. The summed E-state index contributed by atoms with van der Waals surface area (Å²) in [6, 6.07) is 15.3. The van der Waals surface area contributed by atoms with Crippen molar-refractivity contribution in [3.63, 3.8) is 0 Å². The van der Waals surface area contributed by atoms with Crippen LogP contribution in [-0.4, -0.2) is 29.3 Å². The predicted molar refractivity (Wildman–Crippen MR) is 124 cm³/mol. The molecule has 0 radical (unpaired) electrons. The second kappa shape index (κ2) is 9.62. The van der Waals surface area contributed by atoms with Crippen molar-refractivity contribution in [2.24, 2.45) is 5.41 Å². The minimum atomic E-state index is -1.18. The summed E-state index contributed by atoms with van der Waals surface area (Å²) >= 11 is 12.9. The van der Waals surface area contributed by atoms with Crippen molar-refractivity contribution in [2.45, 2.75) is 57.5 Å². The van der Waals surface area contributed by atoms with Crippen LogP contribution in [0.5, 0.6) is 0 Å². The highest BCUT2D eigenvalue weighted by Crippen LogP contribution is 2.42. The van der Waals surface area contributed by atoms with Crippen LogP contribution in [0.15, 0.2) is 48.5 Å². The number of carbonyl (C=O) groups is 2. The highest BCUT2D eigenvalue weighted by atomic mass is 35.5. The summed E-state index contributed by atoms with van der Waals surface area (Å²) < 4.78 is 0. The van der Waals surface area contributed by atoms with Crippen molar-refractivity contribution in [1.29, 1.82) is 0 Å². The number of carbonyl (C=O) groups excluding carboxylic acids is 2. The van der Waals surface area contributed by atoms with Gasteiger partial charge < -0.3 is 10.2 Å². The summed E-state index contributed by atoms with van der Waals surface area (Å²) in [6.07, 6.45) is 6.21. The summed E-state index contributed by atoms with van der Waals surface area (Å²) in [6.45, 7) is 0.985. The van der Waals surface area contributed by atoms with Crippen LogP contribution in [0.2, 0.25) is 10.0 Å². The van der Waals surface area contributed by atoms with E-state index in [0.717, 1.165) is 31.2 Å². The van der Waals surface area contributed by atoms with Gasteiger partial charge in [-0.2, -0.15) is 0 Å². The maximum absolute atomic E-state index is 13.8. The molecule has 4 rings (SSSR count). The Kier molecular flexibility index (Phi) is 6.88. The third-order valence-corrected chi connectivity index (χ3v) is 7.44. The van der Waals surface area contributed by atoms with Gasteiger partial charge in [-0.15, -0.1) is 0 Å². The lowest BCUT2D eigenvalue weighted by Crippen LogP contribution is -2.50. The lowest BCUT2D eigenvalue weighted by Gasteiger charge is -2.33. The molecule has 0 bridgehead atoms. The molecule has 4 nitrogen and oxygen atoms in total. The molecule has 1 N–H and O–H groups in total. The molecule has 164 valence electrons. The summed E-state index contributed by atoms with van der Waals surface area (Å²) in [7, 11) is 0. The van der Waals surface area contributed by atoms with Crippen LogP contribution in [0.1, 0.15) is 49.7 Å². The Morgan fingerprint density at radius 3 is 2.35 bits per heavy atom. The fourth-order valence-corrected chi connectivity index (χ4v) is 5.47. The Bertz CT molecular complexity index is 924. The average molecular weight is 459 g/mol. The standard InChI is InChI=1S/C25H28Cl2N2O2/c26-21-12-7-13-22(27)20(21)16-25(23(30)28-17-18-8-3-1-4-9-18)14-15-29(24(25)31)19-10-5-2-6-11-19/h1,3-4,7-9,12-13,19H,2,5-6,10-11,14-17H2,(H,28,30). The minimum Gasteiger partial charge on any atom is -0.351 e. The first-order chi connectivity index (χ1) is 15.0. The van der Waals surface area contributed by atoms with Gasteiger partial charge in [-0.05, 0) is 48.9 Å². The number of nitrogens with one attached hydrogen (secondary N) is 1. The van der Waals surface area contributed by atoms with E-state index in [2.05, 4.69) is 5.32 Å². The first-order valence-electron chi connectivity index (χ1n) is 11.1. The number of nitrogens with zero attached hydrogens (tertiary/aromatic N) is 1. The van der Waals surface area contributed by atoms with Gasteiger partial charge in [0.2, 0.25) is 11.8 Å². The van der Waals surface area contributed by atoms with Crippen LogP contribution < -0.4 is 5.32 Å². The van der Waals surface area contributed by atoms with E-state index in [9.17, 15) is 9.59 Å². The molecule has 6 heteroatoms. The Hall–Kier alpha value is -2.04. The molecule has 2 fully saturated rings. The van der Waals surface area contributed by atoms with Gasteiger partial charge in [0.1, 0.15) is 5.41 Å². The largest absolute Gasteiger partial charge is 0.351 e. The highest BCUT2D eigenvalue weighted by Gasteiger charge is 2.54. The van der Waals surface area contributed by atoms with E-state index in [0.29, 0.717) is 35.1 Å². The van der Waals surface area contributed by atoms with Crippen molar-refractivity contribution >= 4 is 35.0 Å². The van der Waals surface area contributed by atoms with E-state index >= 15 is 0 Å². The van der Waals surface area contributed by atoms with Crippen LogP contribution in [0.3, 0.4) is 0 Å². The zero-order valence-electron chi connectivity index (χ0n) is 17.6. The van der Waals surface area contributed by atoms with Crippen molar-refractivity contribution in [1.82, 2.24) is 10.2 Å². The molecule has 0 aromatic heterocycles. The lowest BCUT2D eigenvalue weighted by atomic mass is 9.78. The van der Waals surface area contributed by atoms with Crippen molar-refractivity contribution in [2.75, 3.05) is 6.54 Å². The Balaban J connectivity index is 1.62. The molecule has 1 heterocycles. The lowest BCUT2D eigenvalue weighted by molar-refractivity contribution is -0.146. The third kappa shape index (κ3) is 4.61. The van der Waals surface area contributed by atoms with Crippen molar-refractivity contribution < 1.29 is 9.59 Å². The van der Waals surface area contributed by atoms with E-state index in [1.165, 1.54) is 6.42 Å². The zero-order chi connectivity index (χ0) is 21.8. The molecule has 2 aromatic rings. The maximum Gasteiger partial charge on any atom is 0.238 e. The molecular formula is C25H28Cl2N2O2. The SMILES string of the molecule is O=C(NCc1ccccc1)C1(Cc2c(Cl)cccc2Cl)CCN(C2CCCCC2)C1=O. The predicted octanol–water partition coefficient (Wildman–Crippen LogP) is 5.40. The second-order valence-corrected chi connectivity index (χ2v) is 9.48. The molecule has 1 aliphatic heterocycles. The molecule has 2 amide bonds. The molecule has 2 aromatic carbocycles. The smallest absolute Gasteiger partial charge is 0.238 e. The van der Waals surface area contributed by atoms with Gasteiger partial charge in [0, 0.05) is 29.2 Å². The van der Waals surface area contributed by atoms with Crippen molar-refractivity contribution in [3.8, 4) is 0 Å². The fraction of sp³-hybridized carbons (Fsp3) is 0.440.